The van der Waals surface area contributed by atoms with Crippen LogP contribution in [0.15, 0.2) is 39.4 Å². The molecule has 0 unspecified atom stereocenters. The molecule has 2 aromatic heterocycles. The van der Waals surface area contributed by atoms with Crippen LogP contribution >= 0.6 is 11.3 Å². The van der Waals surface area contributed by atoms with Crippen LogP contribution in [0.2, 0.25) is 0 Å². The Morgan fingerprint density at radius 2 is 2.21 bits per heavy atom. The summed E-state index contributed by atoms with van der Waals surface area (Å²) >= 11 is 1.71. The van der Waals surface area contributed by atoms with Crippen molar-refractivity contribution in [1.82, 2.24) is 9.88 Å². The molecule has 0 bridgehead atoms. The molecule has 1 aromatic carbocycles. The van der Waals surface area contributed by atoms with Crippen molar-refractivity contribution < 1.29 is 4.42 Å². The highest BCUT2D eigenvalue weighted by Gasteiger charge is 2.10. The van der Waals surface area contributed by atoms with Gasteiger partial charge in [-0.2, -0.15) is 11.3 Å². The summed E-state index contributed by atoms with van der Waals surface area (Å²) < 4.78 is 5.71. The molecule has 0 aliphatic heterocycles. The van der Waals surface area contributed by atoms with Crippen LogP contribution < -0.4 is 5.73 Å². The van der Waals surface area contributed by atoms with Crippen LogP contribution in [0.25, 0.3) is 11.1 Å². The first-order chi connectivity index (χ1) is 9.22. The van der Waals surface area contributed by atoms with Crippen molar-refractivity contribution in [3.63, 3.8) is 0 Å². The van der Waals surface area contributed by atoms with Crippen LogP contribution in [0.3, 0.4) is 0 Å². The number of hydrogen-bond donors (Lipinski definition) is 1. The lowest BCUT2D eigenvalue weighted by molar-refractivity contribution is 0.285. The first-order valence-corrected chi connectivity index (χ1v) is 7.00. The van der Waals surface area contributed by atoms with Crippen LogP contribution in [0, 0.1) is 0 Å². The van der Waals surface area contributed by atoms with Gasteiger partial charge in [0.05, 0.1) is 12.2 Å². The Bertz CT molecular complexity index is 675. The molecule has 0 atom stereocenters. The molecule has 0 saturated heterocycles. The SMILES string of the molecule is CN(Cc1ccsc1)Cc1nc2c(N)cccc2o1. The molecule has 98 valence electrons. The standard InChI is InChI=1S/C14H15N3OS/c1-17(7-10-5-6-19-9-10)8-13-16-14-11(15)3-2-4-12(14)18-13/h2-6,9H,7-8,15H2,1H3. The predicted molar refractivity (Wildman–Crippen MR) is 77.9 cm³/mol. The molecule has 5 heteroatoms. The first kappa shape index (κ1) is 12.2. The van der Waals surface area contributed by atoms with E-state index < -0.39 is 0 Å². The largest absolute Gasteiger partial charge is 0.439 e. The Labute approximate surface area is 115 Å². The Morgan fingerprint density at radius 1 is 1.32 bits per heavy atom. The van der Waals surface area contributed by atoms with Gasteiger partial charge >= 0.3 is 0 Å². The predicted octanol–water partition coefficient (Wildman–Crippen LogP) is 3.10. The fraction of sp³-hybridized carbons (Fsp3) is 0.214. The van der Waals surface area contributed by atoms with Crippen LogP contribution in [0.1, 0.15) is 11.5 Å². The second-order valence-corrected chi connectivity index (χ2v) is 5.39. The summed E-state index contributed by atoms with van der Waals surface area (Å²) in [5.41, 5.74) is 9.34. The van der Waals surface area contributed by atoms with E-state index in [1.54, 1.807) is 11.3 Å². The van der Waals surface area contributed by atoms with Gasteiger partial charge < -0.3 is 10.2 Å². The van der Waals surface area contributed by atoms with E-state index in [9.17, 15) is 0 Å². The third-order valence-electron chi connectivity index (χ3n) is 2.93. The lowest BCUT2D eigenvalue weighted by Gasteiger charge is -2.12. The van der Waals surface area contributed by atoms with Crippen LogP contribution in [-0.2, 0) is 13.1 Å². The summed E-state index contributed by atoms with van der Waals surface area (Å²) in [6.45, 7) is 1.56. The number of oxazole rings is 1. The van der Waals surface area contributed by atoms with Gasteiger partial charge in [0, 0.05) is 6.54 Å². The van der Waals surface area contributed by atoms with Crippen molar-refractivity contribution in [2.24, 2.45) is 0 Å². The zero-order valence-electron chi connectivity index (χ0n) is 10.7. The number of anilines is 1. The average molecular weight is 273 g/mol. The summed E-state index contributed by atoms with van der Waals surface area (Å²) in [6, 6.07) is 7.73. The highest BCUT2D eigenvalue weighted by atomic mass is 32.1. The molecule has 0 aliphatic rings. The van der Waals surface area contributed by atoms with Crippen molar-refractivity contribution in [3.05, 3.63) is 46.5 Å². The normalized spacial score (nSPS) is 11.5. The number of rotatable bonds is 4. The van der Waals surface area contributed by atoms with Crippen LogP contribution in [0.4, 0.5) is 5.69 Å². The van der Waals surface area contributed by atoms with E-state index in [1.165, 1.54) is 5.56 Å². The summed E-state index contributed by atoms with van der Waals surface area (Å²) in [5, 5.41) is 4.24. The van der Waals surface area contributed by atoms with Gasteiger partial charge in [0.1, 0.15) is 5.52 Å². The Hall–Kier alpha value is -1.85. The minimum Gasteiger partial charge on any atom is -0.439 e. The molecule has 3 aromatic rings. The van der Waals surface area contributed by atoms with Crippen LogP contribution in [0.5, 0.6) is 0 Å². The van der Waals surface area contributed by atoms with Gasteiger partial charge in [-0.15, -0.1) is 0 Å². The maximum absolute atomic E-state index is 5.88. The number of thiophene rings is 1. The molecule has 0 aliphatic carbocycles. The van der Waals surface area contributed by atoms with Gasteiger partial charge in [-0.1, -0.05) is 6.07 Å². The molecule has 0 fully saturated rings. The minimum atomic E-state index is 0.660. The van der Waals surface area contributed by atoms with E-state index in [2.05, 4.69) is 33.8 Å². The number of nitrogens with zero attached hydrogens (tertiary/aromatic N) is 2. The molecule has 2 N–H and O–H groups in total. The lowest BCUT2D eigenvalue weighted by atomic mass is 10.3. The summed E-state index contributed by atoms with van der Waals surface area (Å²) in [6.07, 6.45) is 0. The zero-order valence-corrected chi connectivity index (χ0v) is 11.5. The van der Waals surface area contributed by atoms with Crippen molar-refractivity contribution in [2.75, 3.05) is 12.8 Å². The van der Waals surface area contributed by atoms with Gasteiger partial charge in [0.15, 0.2) is 5.58 Å². The number of hydrogen-bond acceptors (Lipinski definition) is 5. The molecule has 0 spiro atoms. The number of benzene rings is 1. The molecular formula is C14H15N3OS. The fourth-order valence-electron chi connectivity index (χ4n) is 2.06. The highest BCUT2D eigenvalue weighted by Crippen LogP contribution is 2.22. The Balaban J connectivity index is 1.76. The van der Waals surface area contributed by atoms with Crippen molar-refractivity contribution in [1.29, 1.82) is 0 Å². The van der Waals surface area contributed by atoms with E-state index in [1.807, 2.05) is 18.2 Å². The Kier molecular flexibility index (Phi) is 3.23. The van der Waals surface area contributed by atoms with E-state index >= 15 is 0 Å². The molecular weight excluding hydrogens is 258 g/mol. The van der Waals surface area contributed by atoms with Gasteiger partial charge in [-0.25, -0.2) is 4.98 Å². The first-order valence-electron chi connectivity index (χ1n) is 6.06. The third kappa shape index (κ3) is 2.62. The highest BCUT2D eigenvalue weighted by molar-refractivity contribution is 7.07. The topological polar surface area (TPSA) is 55.3 Å². The summed E-state index contributed by atoms with van der Waals surface area (Å²) in [5.74, 6) is 0.700. The quantitative estimate of drug-likeness (QED) is 0.742. The van der Waals surface area contributed by atoms with Crippen LogP contribution in [-0.4, -0.2) is 16.9 Å². The number of para-hydroxylation sites is 1. The number of nitrogens with two attached hydrogens (primary N) is 1. The number of aromatic nitrogens is 1. The molecule has 0 radical (unpaired) electrons. The van der Waals surface area contributed by atoms with Crippen molar-refractivity contribution in [3.8, 4) is 0 Å². The monoisotopic (exact) mass is 273 g/mol. The van der Waals surface area contributed by atoms with E-state index in [0.717, 1.165) is 17.6 Å². The van der Waals surface area contributed by atoms with Crippen molar-refractivity contribution in [2.45, 2.75) is 13.1 Å². The molecule has 4 nitrogen and oxygen atoms in total. The van der Waals surface area contributed by atoms with Gasteiger partial charge in [-0.05, 0) is 41.6 Å². The second kappa shape index (κ2) is 5.03. The third-order valence-corrected chi connectivity index (χ3v) is 3.66. The van der Waals surface area contributed by atoms with Gasteiger partial charge in [0.2, 0.25) is 5.89 Å². The van der Waals surface area contributed by atoms with Crippen molar-refractivity contribution >= 4 is 28.1 Å². The smallest absolute Gasteiger partial charge is 0.209 e. The van der Waals surface area contributed by atoms with E-state index in [0.29, 0.717) is 18.1 Å². The minimum absolute atomic E-state index is 0.660. The number of fused-ring (bicyclic) bond motifs is 1. The molecule has 3 rings (SSSR count). The summed E-state index contributed by atoms with van der Waals surface area (Å²) in [4.78, 5) is 6.62. The lowest BCUT2D eigenvalue weighted by Crippen LogP contribution is -2.16. The fourth-order valence-corrected chi connectivity index (χ4v) is 2.72. The Morgan fingerprint density at radius 3 is 2.95 bits per heavy atom. The maximum Gasteiger partial charge on any atom is 0.209 e. The zero-order chi connectivity index (χ0) is 13.2. The molecule has 0 amide bonds. The maximum atomic E-state index is 5.88. The van der Waals surface area contributed by atoms with Gasteiger partial charge in [0.25, 0.3) is 0 Å². The summed E-state index contributed by atoms with van der Waals surface area (Å²) in [7, 11) is 2.05. The molecule has 19 heavy (non-hydrogen) atoms. The average Bonchev–Trinajstić information content (AvgIpc) is 2.98. The van der Waals surface area contributed by atoms with E-state index in [4.69, 9.17) is 10.2 Å². The van der Waals surface area contributed by atoms with E-state index in [-0.39, 0.29) is 0 Å². The second-order valence-electron chi connectivity index (χ2n) is 4.61. The molecule has 2 heterocycles. The van der Waals surface area contributed by atoms with Gasteiger partial charge in [-0.3, -0.25) is 4.90 Å². The number of nitrogen functional groups attached to an aromatic ring is 1. The molecule has 0 saturated carbocycles.